The first-order valence-corrected chi connectivity index (χ1v) is 8.26. The van der Waals surface area contributed by atoms with Gasteiger partial charge in [-0.15, -0.1) is 0 Å². The summed E-state index contributed by atoms with van der Waals surface area (Å²) in [5, 5.41) is 9.29. The van der Waals surface area contributed by atoms with Crippen LogP contribution in [-0.4, -0.2) is 41.9 Å². The van der Waals surface area contributed by atoms with Crippen molar-refractivity contribution in [2.75, 3.05) is 18.8 Å². The summed E-state index contributed by atoms with van der Waals surface area (Å²) in [5.41, 5.74) is 0. The Bertz CT molecular complexity index is 523. The third-order valence-electron chi connectivity index (χ3n) is 2.90. The SMILES string of the molecule is Cc1oc(CO)cc1S(=O)(=O)N1CCSC(C)C1. The van der Waals surface area contributed by atoms with Crippen molar-refractivity contribution in [2.45, 2.75) is 30.6 Å². The normalized spacial score (nSPS) is 22.3. The van der Waals surface area contributed by atoms with Gasteiger partial charge in [-0.2, -0.15) is 16.1 Å². The van der Waals surface area contributed by atoms with E-state index >= 15 is 0 Å². The summed E-state index contributed by atoms with van der Waals surface area (Å²) in [5.74, 6) is 1.43. The van der Waals surface area contributed by atoms with Crippen LogP contribution in [0.5, 0.6) is 0 Å². The van der Waals surface area contributed by atoms with Crippen molar-refractivity contribution in [3.8, 4) is 0 Å². The predicted octanol–water partition coefficient (Wildman–Crippen LogP) is 1.21. The summed E-state index contributed by atoms with van der Waals surface area (Å²) in [7, 11) is -3.50. The minimum atomic E-state index is -3.50. The van der Waals surface area contributed by atoms with Crippen LogP contribution in [-0.2, 0) is 16.6 Å². The number of hydrogen-bond acceptors (Lipinski definition) is 5. The zero-order valence-corrected chi connectivity index (χ0v) is 12.1. The van der Waals surface area contributed by atoms with Crippen molar-refractivity contribution >= 4 is 21.8 Å². The maximum atomic E-state index is 12.5. The molecule has 2 rings (SSSR count). The molecule has 0 aromatic carbocycles. The van der Waals surface area contributed by atoms with Gasteiger partial charge in [0.1, 0.15) is 23.0 Å². The molecule has 0 saturated carbocycles. The van der Waals surface area contributed by atoms with Crippen LogP contribution in [0, 0.1) is 6.92 Å². The zero-order chi connectivity index (χ0) is 13.3. The summed E-state index contributed by atoms with van der Waals surface area (Å²) in [4.78, 5) is 0.172. The van der Waals surface area contributed by atoms with E-state index in [-0.39, 0.29) is 17.3 Å². The molecule has 0 aliphatic carbocycles. The monoisotopic (exact) mass is 291 g/mol. The third kappa shape index (κ3) is 2.59. The van der Waals surface area contributed by atoms with Crippen molar-refractivity contribution in [1.29, 1.82) is 0 Å². The van der Waals surface area contributed by atoms with E-state index in [1.165, 1.54) is 10.4 Å². The Labute approximate surface area is 111 Å². The molecular formula is C11H17NO4S2. The molecule has 102 valence electrons. The maximum absolute atomic E-state index is 12.5. The lowest BCUT2D eigenvalue weighted by molar-refractivity contribution is 0.244. The zero-order valence-electron chi connectivity index (χ0n) is 10.4. The highest BCUT2D eigenvalue weighted by atomic mass is 32.2. The van der Waals surface area contributed by atoms with E-state index in [1.807, 2.05) is 6.92 Å². The molecule has 1 aliphatic heterocycles. The predicted molar refractivity (Wildman–Crippen MR) is 70.0 cm³/mol. The number of hydrogen-bond donors (Lipinski definition) is 1. The molecule has 1 atom stereocenters. The average molecular weight is 291 g/mol. The van der Waals surface area contributed by atoms with Crippen LogP contribution in [0.2, 0.25) is 0 Å². The van der Waals surface area contributed by atoms with Crippen molar-refractivity contribution in [3.63, 3.8) is 0 Å². The maximum Gasteiger partial charge on any atom is 0.246 e. The fourth-order valence-electron chi connectivity index (χ4n) is 2.00. The minimum absolute atomic E-state index is 0.172. The van der Waals surface area contributed by atoms with E-state index in [0.29, 0.717) is 24.1 Å². The van der Waals surface area contributed by atoms with Gasteiger partial charge in [-0.05, 0) is 6.92 Å². The number of nitrogens with zero attached hydrogens (tertiary/aromatic N) is 1. The summed E-state index contributed by atoms with van der Waals surface area (Å²) < 4.78 is 31.6. The van der Waals surface area contributed by atoms with Gasteiger partial charge in [0.05, 0.1) is 0 Å². The molecule has 2 heterocycles. The summed E-state index contributed by atoms with van der Waals surface area (Å²) >= 11 is 1.78. The van der Waals surface area contributed by atoms with Gasteiger partial charge in [0.2, 0.25) is 10.0 Å². The lowest BCUT2D eigenvalue weighted by Crippen LogP contribution is -2.41. The molecule has 0 radical (unpaired) electrons. The Morgan fingerprint density at radius 1 is 1.61 bits per heavy atom. The molecule has 1 N–H and O–H groups in total. The number of aliphatic hydroxyl groups is 1. The molecule has 1 saturated heterocycles. The largest absolute Gasteiger partial charge is 0.462 e. The molecule has 0 spiro atoms. The van der Waals surface area contributed by atoms with Gasteiger partial charge in [0.15, 0.2) is 0 Å². The van der Waals surface area contributed by atoms with E-state index in [4.69, 9.17) is 9.52 Å². The molecule has 1 unspecified atom stereocenters. The quantitative estimate of drug-likeness (QED) is 0.906. The fraction of sp³-hybridized carbons (Fsp3) is 0.636. The molecule has 1 aromatic rings. The molecule has 1 fully saturated rings. The highest BCUT2D eigenvalue weighted by molar-refractivity contribution is 8.00. The molecule has 1 aromatic heterocycles. The topological polar surface area (TPSA) is 70.8 Å². The van der Waals surface area contributed by atoms with Crippen molar-refractivity contribution in [1.82, 2.24) is 4.31 Å². The van der Waals surface area contributed by atoms with Crippen molar-refractivity contribution < 1.29 is 17.9 Å². The lowest BCUT2D eigenvalue weighted by atomic mass is 10.4. The van der Waals surface area contributed by atoms with Crippen LogP contribution in [0.3, 0.4) is 0 Å². The van der Waals surface area contributed by atoms with Crippen LogP contribution in [0.25, 0.3) is 0 Å². The van der Waals surface area contributed by atoms with Crippen LogP contribution < -0.4 is 0 Å². The fourth-order valence-corrected chi connectivity index (χ4v) is 4.94. The molecule has 0 amide bonds. The van der Waals surface area contributed by atoms with Gasteiger partial charge in [-0.1, -0.05) is 6.92 Å². The van der Waals surface area contributed by atoms with Gasteiger partial charge in [-0.25, -0.2) is 8.42 Å². The van der Waals surface area contributed by atoms with Crippen molar-refractivity contribution in [2.24, 2.45) is 0 Å². The van der Waals surface area contributed by atoms with Crippen molar-refractivity contribution in [3.05, 3.63) is 17.6 Å². The van der Waals surface area contributed by atoms with Gasteiger partial charge in [-0.3, -0.25) is 0 Å². The second-order valence-corrected chi connectivity index (χ2v) is 7.79. The van der Waals surface area contributed by atoms with Crippen LogP contribution >= 0.6 is 11.8 Å². The van der Waals surface area contributed by atoms with Crippen LogP contribution in [0.1, 0.15) is 18.4 Å². The second-order valence-electron chi connectivity index (χ2n) is 4.34. The highest BCUT2D eigenvalue weighted by Crippen LogP contribution is 2.27. The number of thioether (sulfide) groups is 1. The number of sulfonamides is 1. The van der Waals surface area contributed by atoms with E-state index in [1.54, 1.807) is 18.7 Å². The van der Waals surface area contributed by atoms with Crippen LogP contribution in [0.4, 0.5) is 0 Å². The third-order valence-corrected chi connectivity index (χ3v) is 6.01. The first kappa shape index (κ1) is 13.9. The summed E-state index contributed by atoms with van der Waals surface area (Å²) in [6.45, 7) is 4.38. The molecular weight excluding hydrogens is 274 g/mol. The van der Waals surface area contributed by atoms with Gasteiger partial charge in [0.25, 0.3) is 0 Å². The molecule has 5 nitrogen and oxygen atoms in total. The average Bonchev–Trinajstić information content (AvgIpc) is 2.71. The summed E-state index contributed by atoms with van der Waals surface area (Å²) in [6, 6.07) is 1.41. The Kier molecular flexibility index (Phi) is 4.05. The van der Waals surface area contributed by atoms with Gasteiger partial charge >= 0.3 is 0 Å². The Morgan fingerprint density at radius 3 is 2.89 bits per heavy atom. The molecule has 0 bridgehead atoms. The molecule has 1 aliphatic rings. The lowest BCUT2D eigenvalue weighted by Gasteiger charge is -2.29. The summed E-state index contributed by atoms with van der Waals surface area (Å²) in [6.07, 6.45) is 0. The first-order chi connectivity index (χ1) is 8.45. The number of aryl methyl sites for hydroxylation is 1. The smallest absolute Gasteiger partial charge is 0.246 e. The number of furan rings is 1. The number of aliphatic hydroxyl groups excluding tert-OH is 1. The van der Waals surface area contributed by atoms with E-state index in [0.717, 1.165) is 5.75 Å². The van der Waals surface area contributed by atoms with E-state index in [2.05, 4.69) is 0 Å². The standard InChI is InChI=1S/C11H17NO4S2/c1-8-6-12(3-4-17-8)18(14,15)11-5-10(7-13)16-9(11)2/h5,8,13H,3-4,6-7H2,1-2H3. The highest BCUT2D eigenvalue weighted by Gasteiger charge is 2.31. The Morgan fingerprint density at radius 2 is 2.33 bits per heavy atom. The van der Waals surface area contributed by atoms with Gasteiger partial charge < -0.3 is 9.52 Å². The van der Waals surface area contributed by atoms with E-state index in [9.17, 15) is 8.42 Å². The number of rotatable bonds is 3. The molecule has 18 heavy (non-hydrogen) atoms. The Balaban J connectivity index is 2.32. The van der Waals surface area contributed by atoms with Crippen LogP contribution in [0.15, 0.2) is 15.4 Å². The van der Waals surface area contributed by atoms with E-state index < -0.39 is 10.0 Å². The Hall–Kier alpha value is -0.500. The van der Waals surface area contributed by atoms with Gasteiger partial charge in [0, 0.05) is 30.2 Å². The first-order valence-electron chi connectivity index (χ1n) is 5.77. The second kappa shape index (κ2) is 5.24. The minimum Gasteiger partial charge on any atom is -0.462 e. The molecule has 7 heteroatoms.